The number of imidazole rings is 1. The second-order valence-corrected chi connectivity index (χ2v) is 16.7. The molecule has 0 bridgehead atoms. The molecule has 0 aliphatic carbocycles. The quantitative estimate of drug-likeness (QED) is 0.816. The van der Waals surface area contributed by atoms with Crippen LogP contribution in [-0.2, 0) is 0 Å². The summed E-state index contributed by atoms with van der Waals surface area (Å²) in [4.78, 5) is 13.3. The summed E-state index contributed by atoms with van der Waals surface area (Å²) in [6, 6.07) is 0. The van der Waals surface area contributed by atoms with Crippen LogP contribution in [0.5, 0.6) is 0 Å². The van der Waals surface area contributed by atoms with Gasteiger partial charge in [-0.2, -0.15) is 0 Å². The fourth-order valence-electron chi connectivity index (χ4n) is 1.91. The first-order valence-electron chi connectivity index (χ1n) is 6.55. The highest BCUT2D eigenvalue weighted by atomic mass is 28.3. The van der Waals surface area contributed by atoms with Gasteiger partial charge in [0.05, 0.1) is 6.33 Å². The van der Waals surface area contributed by atoms with Gasteiger partial charge in [0.25, 0.3) is 0 Å². The fourth-order valence-corrected chi connectivity index (χ4v) is 3.99. The van der Waals surface area contributed by atoms with Gasteiger partial charge in [0, 0.05) is 0 Å². The molecule has 104 valence electrons. The van der Waals surface area contributed by atoms with E-state index >= 15 is 0 Å². The van der Waals surface area contributed by atoms with Gasteiger partial charge >= 0.3 is 0 Å². The van der Waals surface area contributed by atoms with E-state index in [0.717, 1.165) is 17.0 Å². The SMILES string of the molecule is CN(c1ncnc2ncn([Si](C)(C)C)c12)[Si](C)(C)C. The van der Waals surface area contributed by atoms with Crippen LogP contribution in [0.1, 0.15) is 0 Å². The van der Waals surface area contributed by atoms with Crippen molar-refractivity contribution in [3.63, 3.8) is 0 Å². The van der Waals surface area contributed by atoms with E-state index in [9.17, 15) is 0 Å². The van der Waals surface area contributed by atoms with Crippen molar-refractivity contribution < 1.29 is 0 Å². The molecular formula is C12H23N5Si2. The maximum atomic E-state index is 4.53. The number of nitrogens with zero attached hydrogens (tertiary/aromatic N) is 5. The number of anilines is 1. The minimum absolute atomic E-state index is 0.803. The van der Waals surface area contributed by atoms with Crippen molar-refractivity contribution in [2.24, 2.45) is 0 Å². The number of rotatable bonds is 3. The molecule has 0 saturated heterocycles. The second kappa shape index (κ2) is 4.41. The Balaban J connectivity index is 2.72. The molecule has 0 N–H and O–H groups in total. The fraction of sp³-hybridized carbons (Fsp3) is 0.583. The van der Waals surface area contributed by atoms with Gasteiger partial charge in [-0.3, -0.25) is 0 Å². The lowest BCUT2D eigenvalue weighted by Gasteiger charge is -2.32. The van der Waals surface area contributed by atoms with Gasteiger partial charge in [-0.25, -0.2) is 15.0 Å². The Morgan fingerprint density at radius 3 is 2.16 bits per heavy atom. The van der Waals surface area contributed by atoms with Crippen LogP contribution in [0, 0.1) is 0 Å². The minimum atomic E-state index is -1.52. The van der Waals surface area contributed by atoms with Crippen LogP contribution in [0.25, 0.3) is 11.2 Å². The molecule has 7 heteroatoms. The highest BCUT2D eigenvalue weighted by molar-refractivity contribution is 6.80. The third kappa shape index (κ3) is 2.57. The van der Waals surface area contributed by atoms with Crippen molar-refractivity contribution >= 4 is 33.5 Å². The molecule has 2 aromatic heterocycles. The Hall–Kier alpha value is -1.22. The van der Waals surface area contributed by atoms with Crippen molar-refractivity contribution in [1.29, 1.82) is 0 Å². The number of fused-ring (bicyclic) bond motifs is 1. The zero-order valence-electron chi connectivity index (χ0n) is 12.9. The average Bonchev–Trinajstić information content (AvgIpc) is 2.69. The van der Waals surface area contributed by atoms with Crippen LogP contribution < -0.4 is 4.57 Å². The van der Waals surface area contributed by atoms with Gasteiger partial charge in [-0.05, 0) is 7.05 Å². The first kappa shape index (κ1) is 14.2. The molecule has 0 atom stereocenters. The van der Waals surface area contributed by atoms with Gasteiger partial charge in [-0.15, -0.1) is 0 Å². The lowest BCUT2D eigenvalue weighted by Crippen LogP contribution is -2.44. The van der Waals surface area contributed by atoms with Crippen LogP contribution >= 0.6 is 0 Å². The molecule has 5 nitrogen and oxygen atoms in total. The lowest BCUT2D eigenvalue weighted by atomic mass is 10.5. The molecule has 0 saturated carbocycles. The molecule has 0 unspecified atom stereocenters. The summed E-state index contributed by atoms with van der Waals surface area (Å²) < 4.78 is 4.63. The van der Waals surface area contributed by atoms with Crippen LogP contribution in [0.3, 0.4) is 0 Å². The van der Waals surface area contributed by atoms with Crippen LogP contribution in [0.15, 0.2) is 12.7 Å². The van der Waals surface area contributed by atoms with E-state index < -0.39 is 16.5 Å². The Kier molecular flexibility index (Phi) is 3.30. The highest BCUT2D eigenvalue weighted by Gasteiger charge is 2.27. The zero-order valence-corrected chi connectivity index (χ0v) is 14.9. The topological polar surface area (TPSA) is 46.8 Å². The normalized spacial score (nSPS) is 13.0. The number of aromatic nitrogens is 4. The smallest absolute Gasteiger partial charge is 0.182 e. The molecule has 0 aromatic carbocycles. The summed E-state index contributed by atoms with van der Waals surface area (Å²) in [6.07, 6.45) is 3.54. The summed E-state index contributed by atoms with van der Waals surface area (Å²) in [5, 5.41) is 0. The lowest BCUT2D eigenvalue weighted by molar-refractivity contribution is 1.10. The molecule has 2 rings (SSSR count). The molecule has 2 heterocycles. The first-order chi connectivity index (χ1) is 8.62. The molecule has 2 aromatic rings. The second-order valence-electron chi connectivity index (χ2n) is 6.88. The number of hydrogen-bond donors (Lipinski definition) is 0. The largest absolute Gasteiger partial charge is 0.384 e. The molecule has 0 radical (unpaired) electrons. The van der Waals surface area contributed by atoms with Crippen LogP contribution in [-0.4, -0.2) is 42.7 Å². The summed E-state index contributed by atoms with van der Waals surface area (Å²) in [5.41, 5.74) is 1.89. The van der Waals surface area contributed by atoms with E-state index in [4.69, 9.17) is 0 Å². The third-order valence-electron chi connectivity index (χ3n) is 3.37. The van der Waals surface area contributed by atoms with Crippen molar-refractivity contribution in [2.45, 2.75) is 39.3 Å². The van der Waals surface area contributed by atoms with E-state index in [1.807, 2.05) is 6.33 Å². The van der Waals surface area contributed by atoms with E-state index in [0.29, 0.717) is 0 Å². The van der Waals surface area contributed by atoms with E-state index in [1.54, 1.807) is 6.33 Å². The Bertz CT molecular complexity index is 594. The molecule has 0 aliphatic rings. The van der Waals surface area contributed by atoms with Crippen molar-refractivity contribution in [3.8, 4) is 0 Å². The summed E-state index contributed by atoms with van der Waals surface area (Å²) in [6.45, 7) is 13.9. The van der Waals surface area contributed by atoms with Crippen molar-refractivity contribution in [2.75, 3.05) is 11.6 Å². The van der Waals surface area contributed by atoms with E-state index in [-0.39, 0.29) is 0 Å². The predicted molar refractivity (Wildman–Crippen MR) is 85.8 cm³/mol. The van der Waals surface area contributed by atoms with Gasteiger partial charge in [0.2, 0.25) is 0 Å². The zero-order chi connectivity index (χ0) is 14.4. The summed E-state index contributed by atoms with van der Waals surface area (Å²) >= 11 is 0. The molecular weight excluding hydrogens is 270 g/mol. The third-order valence-corrected chi connectivity index (χ3v) is 7.38. The predicted octanol–water partition coefficient (Wildman–Crippen LogP) is 2.78. The summed E-state index contributed by atoms with van der Waals surface area (Å²) in [5.74, 6) is 1.02. The van der Waals surface area contributed by atoms with E-state index in [1.165, 1.54) is 0 Å². The van der Waals surface area contributed by atoms with Crippen molar-refractivity contribution in [1.82, 2.24) is 19.2 Å². The molecule has 0 amide bonds. The molecule has 19 heavy (non-hydrogen) atoms. The van der Waals surface area contributed by atoms with Crippen molar-refractivity contribution in [3.05, 3.63) is 12.7 Å². The molecule has 0 spiro atoms. The Morgan fingerprint density at radius 1 is 1.00 bits per heavy atom. The van der Waals surface area contributed by atoms with Crippen LogP contribution in [0.4, 0.5) is 5.82 Å². The molecule has 0 fully saturated rings. The van der Waals surface area contributed by atoms with Gasteiger partial charge in [0.15, 0.2) is 13.9 Å². The first-order valence-corrected chi connectivity index (χ1v) is 13.4. The van der Waals surface area contributed by atoms with Gasteiger partial charge < -0.3 is 8.80 Å². The highest BCUT2D eigenvalue weighted by Crippen LogP contribution is 2.27. The number of hydrogen-bond acceptors (Lipinski definition) is 4. The maximum Gasteiger partial charge on any atom is 0.182 e. The standard InChI is InChI=1S/C12H23N5Si2/c1-16(18(2,3)4)12-10-11(13-8-14-12)15-9-17(10)19(5,6)7/h8-9H,1-7H3. The van der Waals surface area contributed by atoms with Crippen LogP contribution in [0.2, 0.25) is 39.3 Å². The maximum absolute atomic E-state index is 4.53. The van der Waals surface area contributed by atoms with E-state index in [2.05, 4.69) is 70.1 Å². The Labute approximate surface area is 116 Å². The average molecular weight is 294 g/mol. The summed E-state index contributed by atoms with van der Waals surface area (Å²) in [7, 11) is -0.841. The van der Waals surface area contributed by atoms with Gasteiger partial charge in [-0.1, -0.05) is 39.3 Å². The van der Waals surface area contributed by atoms with Gasteiger partial charge in [0.1, 0.15) is 25.9 Å². The Morgan fingerprint density at radius 2 is 1.63 bits per heavy atom. The molecule has 0 aliphatic heterocycles. The monoisotopic (exact) mass is 293 g/mol. The minimum Gasteiger partial charge on any atom is -0.384 e.